The average Bonchev–Trinajstić information content (AvgIpc) is 2.99. The second-order valence-electron chi connectivity index (χ2n) is 4.08. The van der Waals surface area contributed by atoms with Gasteiger partial charge in [0.15, 0.2) is 0 Å². The molecule has 2 rings (SSSR count). The molecule has 0 amide bonds. The van der Waals surface area contributed by atoms with Crippen molar-refractivity contribution in [2.45, 2.75) is 25.9 Å². The Morgan fingerprint density at radius 1 is 1.61 bits per heavy atom. The summed E-state index contributed by atoms with van der Waals surface area (Å²) in [6.45, 7) is 2.77. The molecule has 2 aromatic rings. The van der Waals surface area contributed by atoms with E-state index in [-0.39, 0.29) is 6.04 Å². The minimum atomic E-state index is -0.296. The topological polar surface area (TPSA) is 53.6 Å². The molecule has 4 nitrogen and oxygen atoms in total. The molecule has 0 aliphatic rings. The van der Waals surface area contributed by atoms with Gasteiger partial charge in [0.25, 0.3) is 0 Å². The van der Waals surface area contributed by atoms with Gasteiger partial charge in [-0.05, 0) is 17.9 Å². The maximum atomic E-state index is 9.29. The van der Waals surface area contributed by atoms with E-state index in [0.29, 0.717) is 6.54 Å². The highest BCUT2D eigenvalue weighted by Crippen LogP contribution is 2.18. The molecule has 5 heteroatoms. The summed E-state index contributed by atoms with van der Waals surface area (Å²) in [6, 6.07) is 6.10. The molecule has 0 spiro atoms. The van der Waals surface area contributed by atoms with Crippen molar-refractivity contribution >= 4 is 11.3 Å². The van der Waals surface area contributed by atoms with Crippen molar-refractivity contribution in [1.82, 2.24) is 15.1 Å². The molecule has 0 saturated heterocycles. The summed E-state index contributed by atoms with van der Waals surface area (Å²) in [5, 5.41) is 19.0. The summed E-state index contributed by atoms with van der Waals surface area (Å²) in [5.41, 5.74) is 1.97. The van der Waals surface area contributed by atoms with Gasteiger partial charge in [0.1, 0.15) is 6.04 Å². The van der Waals surface area contributed by atoms with Gasteiger partial charge < -0.3 is 0 Å². The molecule has 1 unspecified atom stereocenters. The molecule has 0 saturated carbocycles. The van der Waals surface area contributed by atoms with Crippen molar-refractivity contribution in [1.29, 1.82) is 5.26 Å². The van der Waals surface area contributed by atoms with Gasteiger partial charge in [-0.25, -0.2) is 0 Å². The van der Waals surface area contributed by atoms with Crippen LogP contribution in [0.1, 0.15) is 29.1 Å². The van der Waals surface area contributed by atoms with Gasteiger partial charge in [0.2, 0.25) is 0 Å². The second kappa shape index (κ2) is 5.80. The highest BCUT2D eigenvalue weighted by Gasteiger charge is 2.16. The number of rotatable bonds is 5. The van der Waals surface area contributed by atoms with Gasteiger partial charge in [-0.2, -0.15) is 10.4 Å². The van der Waals surface area contributed by atoms with Crippen LogP contribution in [0.3, 0.4) is 0 Å². The maximum Gasteiger partial charge on any atom is 0.124 e. The molecule has 18 heavy (non-hydrogen) atoms. The van der Waals surface area contributed by atoms with E-state index >= 15 is 0 Å². The van der Waals surface area contributed by atoms with E-state index in [1.165, 1.54) is 4.88 Å². The van der Waals surface area contributed by atoms with Crippen LogP contribution in [0.2, 0.25) is 0 Å². The number of nitrogens with one attached hydrogen (secondary N) is 1. The van der Waals surface area contributed by atoms with Crippen molar-refractivity contribution in [3.63, 3.8) is 0 Å². The third kappa shape index (κ3) is 2.78. The highest BCUT2D eigenvalue weighted by molar-refractivity contribution is 7.09. The van der Waals surface area contributed by atoms with Crippen molar-refractivity contribution in [3.05, 3.63) is 39.8 Å². The first-order chi connectivity index (χ1) is 8.74. The number of hydrogen-bond acceptors (Lipinski definition) is 4. The second-order valence-corrected chi connectivity index (χ2v) is 5.11. The average molecular weight is 260 g/mol. The standard InChI is InChI=1S/C13H16N4S/c1-3-12-11(9-17(2)16-12)13(7-14)15-8-10-5-4-6-18-10/h4-6,9,13,15H,3,8H2,1-2H3. The van der Waals surface area contributed by atoms with Crippen molar-refractivity contribution in [2.24, 2.45) is 7.05 Å². The lowest BCUT2D eigenvalue weighted by Crippen LogP contribution is -2.19. The summed E-state index contributed by atoms with van der Waals surface area (Å²) in [4.78, 5) is 1.23. The summed E-state index contributed by atoms with van der Waals surface area (Å²) in [5.74, 6) is 0. The van der Waals surface area contributed by atoms with Crippen molar-refractivity contribution < 1.29 is 0 Å². The largest absolute Gasteiger partial charge is 0.293 e. The molecule has 0 aliphatic heterocycles. The Kier molecular flexibility index (Phi) is 4.13. The molecule has 2 heterocycles. The van der Waals surface area contributed by atoms with Crippen LogP contribution in [0.4, 0.5) is 0 Å². The van der Waals surface area contributed by atoms with E-state index < -0.39 is 0 Å². The lowest BCUT2D eigenvalue weighted by molar-refractivity contribution is 0.631. The molecule has 1 N–H and O–H groups in total. The van der Waals surface area contributed by atoms with Gasteiger partial charge in [-0.1, -0.05) is 13.0 Å². The smallest absolute Gasteiger partial charge is 0.124 e. The SMILES string of the molecule is CCc1nn(C)cc1C(C#N)NCc1cccs1. The predicted octanol–water partition coefficient (Wildman–Crippen LogP) is 2.40. The van der Waals surface area contributed by atoms with E-state index in [2.05, 4.69) is 29.5 Å². The highest BCUT2D eigenvalue weighted by atomic mass is 32.1. The van der Waals surface area contributed by atoms with E-state index in [1.807, 2.05) is 24.7 Å². The first kappa shape index (κ1) is 12.8. The van der Waals surface area contributed by atoms with Gasteiger partial charge >= 0.3 is 0 Å². The van der Waals surface area contributed by atoms with Crippen LogP contribution in [0, 0.1) is 11.3 Å². The van der Waals surface area contributed by atoms with Crippen LogP contribution in [-0.2, 0) is 20.0 Å². The maximum absolute atomic E-state index is 9.29. The van der Waals surface area contributed by atoms with Gasteiger partial charge in [0, 0.05) is 30.2 Å². The molecule has 0 aromatic carbocycles. The number of aryl methyl sites for hydroxylation is 2. The summed E-state index contributed by atoms with van der Waals surface area (Å²) in [6.07, 6.45) is 2.77. The Morgan fingerprint density at radius 2 is 2.44 bits per heavy atom. The monoisotopic (exact) mass is 260 g/mol. The van der Waals surface area contributed by atoms with Crippen molar-refractivity contribution in [3.8, 4) is 6.07 Å². The molecule has 0 radical (unpaired) electrons. The van der Waals surface area contributed by atoms with Gasteiger partial charge in [-0.15, -0.1) is 11.3 Å². The van der Waals surface area contributed by atoms with Gasteiger partial charge in [-0.3, -0.25) is 10.00 Å². The quantitative estimate of drug-likeness (QED) is 0.898. The lowest BCUT2D eigenvalue weighted by Gasteiger charge is -2.10. The van der Waals surface area contributed by atoms with E-state index in [4.69, 9.17) is 0 Å². The van der Waals surface area contributed by atoms with E-state index in [9.17, 15) is 5.26 Å². The summed E-state index contributed by atoms with van der Waals surface area (Å²) >= 11 is 1.69. The molecule has 94 valence electrons. The minimum Gasteiger partial charge on any atom is -0.293 e. The summed E-state index contributed by atoms with van der Waals surface area (Å²) in [7, 11) is 1.89. The van der Waals surface area contributed by atoms with Crippen LogP contribution in [-0.4, -0.2) is 9.78 Å². The minimum absolute atomic E-state index is 0.296. The Balaban J connectivity index is 2.10. The first-order valence-electron chi connectivity index (χ1n) is 5.92. The number of nitrogens with zero attached hydrogens (tertiary/aromatic N) is 3. The predicted molar refractivity (Wildman–Crippen MR) is 72.1 cm³/mol. The zero-order chi connectivity index (χ0) is 13.0. The Labute approximate surface area is 111 Å². The zero-order valence-electron chi connectivity index (χ0n) is 10.6. The molecule has 1 atom stereocenters. The molecular weight excluding hydrogens is 244 g/mol. The number of thiophene rings is 1. The molecule has 2 aromatic heterocycles. The Hall–Kier alpha value is -1.64. The van der Waals surface area contributed by atoms with Gasteiger partial charge in [0.05, 0.1) is 11.8 Å². The summed E-state index contributed by atoms with van der Waals surface area (Å²) < 4.78 is 1.77. The number of aromatic nitrogens is 2. The molecule has 0 fully saturated rings. The third-order valence-electron chi connectivity index (χ3n) is 2.77. The van der Waals surface area contributed by atoms with Crippen LogP contribution in [0.25, 0.3) is 0 Å². The zero-order valence-corrected chi connectivity index (χ0v) is 11.4. The lowest BCUT2D eigenvalue weighted by atomic mass is 10.1. The van der Waals surface area contributed by atoms with E-state index in [1.54, 1.807) is 16.0 Å². The molecular formula is C13H16N4S. The van der Waals surface area contributed by atoms with Crippen LogP contribution in [0.15, 0.2) is 23.7 Å². The Morgan fingerprint density at radius 3 is 3.06 bits per heavy atom. The van der Waals surface area contributed by atoms with Crippen LogP contribution >= 0.6 is 11.3 Å². The fourth-order valence-electron chi connectivity index (χ4n) is 1.91. The Bertz CT molecular complexity index is 536. The van der Waals surface area contributed by atoms with Crippen molar-refractivity contribution in [2.75, 3.05) is 0 Å². The number of nitriles is 1. The fourth-order valence-corrected chi connectivity index (χ4v) is 2.57. The van der Waals surface area contributed by atoms with Crippen LogP contribution in [0.5, 0.6) is 0 Å². The third-order valence-corrected chi connectivity index (χ3v) is 3.65. The molecule has 0 bridgehead atoms. The van der Waals surface area contributed by atoms with E-state index in [0.717, 1.165) is 17.7 Å². The van der Waals surface area contributed by atoms with Crippen LogP contribution < -0.4 is 5.32 Å². The first-order valence-corrected chi connectivity index (χ1v) is 6.80. The number of hydrogen-bond donors (Lipinski definition) is 1. The normalized spacial score (nSPS) is 12.3. The molecule has 0 aliphatic carbocycles. The fraction of sp³-hybridized carbons (Fsp3) is 0.385.